The van der Waals surface area contributed by atoms with Crippen LogP contribution in [0.15, 0.2) is 34.3 Å². The fourth-order valence-corrected chi connectivity index (χ4v) is 2.94. The Bertz CT molecular complexity index is 707. The minimum atomic E-state index is -1.11. The summed E-state index contributed by atoms with van der Waals surface area (Å²) in [6.07, 6.45) is 2.67. The standard InChI is InChI=1S/C12H22N4O2.C7H6O3/c13-3-1-2-9(11-15-4-6-17-11)8-10(14)12-16-5-7-18-12;8-6-4-2-1-3-5(6)7(9)10/h9-10H,1-8,13-14H2;1-4,8H,(H,9,10). The largest absolute Gasteiger partial charge is 0.507 e. The summed E-state index contributed by atoms with van der Waals surface area (Å²) >= 11 is 0. The van der Waals surface area contributed by atoms with Gasteiger partial charge in [0.05, 0.1) is 19.1 Å². The molecule has 3 rings (SSSR count). The highest BCUT2D eigenvalue weighted by atomic mass is 16.5. The van der Waals surface area contributed by atoms with Gasteiger partial charge in [-0.05, 0) is 37.9 Å². The van der Waals surface area contributed by atoms with Gasteiger partial charge in [0.2, 0.25) is 5.90 Å². The number of aliphatic imine (C=N–C) groups is 2. The maximum Gasteiger partial charge on any atom is 0.339 e. The Morgan fingerprint density at radius 2 is 1.79 bits per heavy atom. The molecule has 6 N–H and O–H groups in total. The van der Waals surface area contributed by atoms with E-state index in [-0.39, 0.29) is 23.3 Å². The van der Waals surface area contributed by atoms with Crippen molar-refractivity contribution in [2.75, 3.05) is 32.8 Å². The lowest BCUT2D eigenvalue weighted by Gasteiger charge is -2.20. The number of nitrogens with two attached hydrogens (primary N) is 2. The van der Waals surface area contributed by atoms with Gasteiger partial charge in [-0.3, -0.25) is 9.98 Å². The molecule has 0 saturated carbocycles. The van der Waals surface area contributed by atoms with Crippen LogP contribution < -0.4 is 11.5 Å². The average molecular weight is 392 g/mol. The summed E-state index contributed by atoms with van der Waals surface area (Å²) in [6.45, 7) is 3.47. The van der Waals surface area contributed by atoms with Crippen LogP contribution >= 0.6 is 0 Å². The normalized spacial score (nSPS) is 17.4. The van der Waals surface area contributed by atoms with Gasteiger partial charge in [-0.1, -0.05) is 12.1 Å². The van der Waals surface area contributed by atoms with Crippen LogP contribution in [0.25, 0.3) is 0 Å². The lowest BCUT2D eigenvalue weighted by atomic mass is 9.95. The molecule has 0 saturated heterocycles. The van der Waals surface area contributed by atoms with Gasteiger partial charge >= 0.3 is 5.97 Å². The van der Waals surface area contributed by atoms with Gasteiger partial charge in [0.25, 0.3) is 0 Å². The molecule has 0 aliphatic carbocycles. The number of nitrogens with zero attached hydrogens (tertiary/aromatic N) is 2. The van der Waals surface area contributed by atoms with Crippen molar-refractivity contribution in [1.82, 2.24) is 0 Å². The number of carbonyl (C=O) groups is 1. The number of aromatic carboxylic acids is 1. The van der Waals surface area contributed by atoms with Crippen molar-refractivity contribution in [2.24, 2.45) is 27.4 Å². The maximum absolute atomic E-state index is 10.3. The topological polar surface area (TPSA) is 153 Å². The second-order valence-electron chi connectivity index (χ2n) is 6.43. The van der Waals surface area contributed by atoms with Crippen molar-refractivity contribution in [3.05, 3.63) is 29.8 Å². The summed E-state index contributed by atoms with van der Waals surface area (Å²) in [4.78, 5) is 18.9. The predicted molar refractivity (Wildman–Crippen MR) is 106 cm³/mol. The zero-order valence-electron chi connectivity index (χ0n) is 15.8. The Morgan fingerprint density at radius 3 is 2.29 bits per heavy atom. The molecule has 0 amide bonds. The fraction of sp³-hybridized carbons (Fsp3) is 0.526. The lowest BCUT2D eigenvalue weighted by molar-refractivity contribution is 0.0693. The number of benzene rings is 1. The number of para-hydroxylation sites is 1. The van der Waals surface area contributed by atoms with Crippen molar-refractivity contribution in [3.63, 3.8) is 0 Å². The Hall–Kier alpha value is -2.65. The van der Waals surface area contributed by atoms with Gasteiger partial charge in [-0.25, -0.2) is 4.79 Å². The van der Waals surface area contributed by atoms with Gasteiger partial charge in [-0.15, -0.1) is 0 Å². The number of carboxylic acid groups (broad SMARTS) is 1. The highest BCUT2D eigenvalue weighted by molar-refractivity contribution is 5.90. The zero-order chi connectivity index (χ0) is 20.4. The van der Waals surface area contributed by atoms with E-state index in [2.05, 4.69) is 9.98 Å². The number of phenols is 1. The summed E-state index contributed by atoms with van der Waals surface area (Å²) in [6, 6.07) is 5.65. The maximum atomic E-state index is 10.3. The number of carboxylic acids is 1. The van der Waals surface area contributed by atoms with Crippen molar-refractivity contribution in [2.45, 2.75) is 25.3 Å². The Labute approximate surface area is 164 Å². The van der Waals surface area contributed by atoms with E-state index in [0.717, 1.165) is 31.7 Å². The average Bonchev–Trinajstić information content (AvgIpc) is 3.39. The Morgan fingerprint density at radius 1 is 1.14 bits per heavy atom. The third kappa shape index (κ3) is 6.50. The zero-order valence-corrected chi connectivity index (χ0v) is 15.8. The molecule has 2 atom stereocenters. The molecule has 0 spiro atoms. The molecule has 1 aromatic carbocycles. The molecular weight excluding hydrogens is 364 g/mol. The van der Waals surface area contributed by atoms with Gasteiger partial charge in [0.15, 0.2) is 5.90 Å². The first kappa shape index (κ1) is 21.6. The summed E-state index contributed by atoms with van der Waals surface area (Å²) < 4.78 is 11.0. The Balaban J connectivity index is 0.000000237. The summed E-state index contributed by atoms with van der Waals surface area (Å²) in [7, 11) is 0. The summed E-state index contributed by atoms with van der Waals surface area (Å²) in [5.74, 6) is 0.426. The van der Waals surface area contributed by atoms with Crippen LogP contribution in [0.1, 0.15) is 29.6 Å². The van der Waals surface area contributed by atoms with Gasteiger partial charge in [0, 0.05) is 5.92 Å². The molecule has 0 bridgehead atoms. The van der Waals surface area contributed by atoms with Gasteiger partial charge in [0.1, 0.15) is 24.5 Å². The van der Waals surface area contributed by atoms with E-state index in [1.165, 1.54) is 12.1 Å². The monoisotopic (exact) mass is 392 g/mol. The van der Waals surface area contributed by atoms with Crippen molar-refractivity contribution < 1.29 is 24.5 Å². The van der Waals surface area contributed by atoms with E-state index in [4.69, 9.17) is 31.2 Å². The van der Waals surface area contributed by atoms with Crippen LogP contribution in [0.2, 0.25) is 0 Å². The number of hydrogen-bond acceptors (Lipinski definition) is 8. The minimum absolute atomic E-state index is 0.0671. The molecular formula is C19H28N4O5. The number of hydrogen-bond donors (Lipinski definition) is 4. The molecule has 0 radical (unpaired) electrons. The molecule has 9 heteroatoms. The second-order valence-corrected chi connectivity index (χ2v) is 6.43. The molecule has 0 aromatic heterocycles. The molecule has 0 fully saturated rings. The Kier molecular flexibility index (Phi) is 8.70. The van der Waals surface area contributed by atoms with Crippen LogP contribution in [-0.2, 0) is 9.47 Å². The van der Waals surface area contributed by atoms with E-state index < -0.39 is 5.97 Å². The van der Waals surface area contributed by atoms with Crippen molar-refractivity contribution in [1.29, 1.82) is 0 Å². The summed E-state index contributed by atoms with van der Waals surface area (Å²) in [5.41, 5.74) is 11.6. The third-order valence-corrected chi connectivity index (χ3v) is 4.31. The lowest BCUT2D eigenvalue weighted by Crippen LogP contribution is -2.35. The first-order valence-electron chi connectivity index (χ1n) is 9.34. The van der Waals surface area contributed by atoms with Gasteiger partial charge < -0.3 is 31.2 Å². The van der Waals surface area contributed by atoms with Crippen LogP contribution in [0.4, 0.5) is 0 Å². The molecule has 154 valence electrons. The highest BCUT2D eigenvalue weighted by Crippen LogP contribution is 2.20. The third-order valence-electron chi connectivity index (χ3n) is 4.31. The van der Waals surface area contributed by atoms with E-state index >= 15 is 0 Å². The van der Waals surface area contributed by atoms with Crippen LogP contribution in [0.3, 0.4) is 0 Å². The van der Waals surface area contributed by atoms with E-state index in [1.807, 2.05) is 0 Å². The minimum Gasteiger partial charge on any atom is -0.507 e. The summed E-state index contributed by atoms with van der Waals surface area (Å²) in [5, 5.41) is 17.3. The van der Waals surface area contributed by atoms with E-state index in [0.29, 0.717) is 32.2 Å². The van der Waals surface area contributed by atoms with E-state index in [9.17, 15) is 4.79 Å². The molecule has 9 nitrogen and oxygen atoms in total. The predicted octanol–water partition coefficient (Wildman–Crippen LogP) is 1.01. The highest BCUT2D eigenvalue weighted by Gasteiger charge is 2.26. The number of aromatic hydroxyl groups is 1. The molecule has 2 aliphatic rings. The molecule has 1 aromatic rings. The quantitative estimate of drug-likeness (QED) is 0.515. The molecule has 2 unspecified atom stereocenters. The number of rotatable bonds is 8. The van der Waals surface area contributed by atoms with Crippen LogP contribution in [0, 0.1) is 5.92 Å². The smallest absolute Gasteiger partial charge is 0.339 e. The molecule has 2 heterocycles. The molecule has 2 aliphatic heterocycles. The second kappa shape index (κ2) is 11.3. The van der Waals surface area contributed by atoms with Crippen LogP contribution in [-0.4, -0.2) is 66.9 Å². The van der Waals surface area contributed by atoms with Crippen LogP contribution in [0.5, 0.6) is 5.75 Å². The first-order valence-corrected chi connectivity index (χ1v) is 9.34. The van der Waals surface area contributed by atoms with Gasteiger partial charge in [-0.2, -0.15) is 0 Å². The first-order chi connectivity index (χ1) is 13.5. The fourth-order valence-electron chi connectivity index (χ4n) is 2.94. The number of ether oxygens (including phenoxy) is 2. The van der Waals surface area contributed by atoms with Crippen molar-refractivity contribution >= 4 is 17.8 Å². The molecule has 28 heavy (non-hydrogen) atoms. The van der Waals surface area contributed by atoms with E-state index in [1.54, 1.807) is 12.1 Å². The van der Waals surface area contributed by atoms with Crippen molar-refractivity contribution in [3.8, 4) is 5.75 Å². The SMILES string of the molecule is NCCCC(CC(N)C1=NCCO1)C1=NCCO1.O=C(O)c1ccccc1O.